The zero-order valence-corrected chi connectivity index (χ0v) is 11.0. The van der Waals surface area contributed by atoms with Crippen molar-refractivity contribution in [3.63, 3.8) is 0 Å². The standard InChI is InChI=1S/C14H12ClF2NO/c1-19-14-7-10(3-4-11(14)15)18-8-9-2-5-12(16)13(17)6-9/h2-7,18H,8H2,1H3. The topological polar surface area (TPSA) is 21.3 Å². The largest absolute Gasteiger partial charge is 0.495 e. The molecule has 0 fully saturated rings. The van der Waals surface area contributed by atoms with Gasteiger partial charge in [-0.25, -0.2) is 8.78 Å². The van der Waals surface area contributed by atoms with Gasteiger partial charge in [-0.1, -0.05) is 17.7 Å². The van der Waals surface area contributed by atoms with Crippen LogP contribution in [0.15, 0.2) is 36.4 Å². The lowest BCUT2D eigenvalue weighted by Crippen LogP contribution is -2.00. The Morgan fingerprint density at radius 3 is 2.58 bits per heavy atom. The van der Waals surface area contributed by atoms with E-state index >= 15 is 0 Å². The summed E-state index contributed by atoms with van der Waals surface area (Å²) < 4.78 is 30.9. The number of anilines is 1. The van der Waals surface area contributed by atoms with Gasteiger partial charge in [-0.15, -0.1) is 0 Å². The zero-order chi connectivity index (χ0) is 13.8. The predicted molar refractivity (Wildman–Crippen MR) is 71.7 cm³/mol. The summed E-state index contributed by atoms with van der Waals surface area (Å²) >= 11 is 5.91. The molecule has 0 heterocycles. The number of hydrogen-bond donors (Lipinski definition) is 1. The van der Waals surface area contributed by atoms with Crippen molar-refractivity contribution in [3.8, 4) is 5.75 Å². The van der Waals surface area contributed by atoms with E-state index in [0.717, 1.165) is 17.8 Å². The second-order valence-corrected chi connectivity index (χ2v) is 4.36. The van der Waals surface area contributed by atoms with Crippen LogP contribution in [0, 0.1) is 11.6 Å². The van der Waals surface area contributed by atoms with Crippen LogP contribution in [-0.4, -0.2) is 7.11 Å². The minimum absolute atomic E-state index is 0.377. The highest BCUT2D eigenvalue weighted by Crippen LogP contribution is 2.27. The Morgan fingerprint density at radius 1 is 1.11 bits per heavy atom. The van der Waals surface area contributed by atoms with Crippen LogP contribution in [0.1, 0.15) is 5.56 Å². The molecule has 0 aliphatic heterocycles. The molecule has 0 saturated heterocycles. The molecule has 0 spiro atoms. The first-order valence-electron chi connectivity index (χ1n) is 5.61. The fourth-order valence-electron chi connectivity index (χ4n) is 1.62. The number of nitrogens with one attached hydrogen (secondary N) is 1. The highest BCUT2D eigenvalue weighted by atomic mass is 35.5. The van der Waals surface area contributed by atoms with Crippen LogP contribution in [0.5, 0.6) is 5.75 Å². The molecule has 2 rings (SSSR count). The van der Waals surface area contributed by atoms with Gasteiger partial charge in [0.1, 0.15) is 5.75 Å². The van der Waals surface area contributed by atoms with Crippen LogP contribution in [0.2, 0.25) is 5.02 Å². The van der Waals surface area contributed by atoms with Crippen molar-refractivity contribution < 1.29 is 13.5 Å². The molecule has 0 saturated carbocycles. The first kappa shape index (κ1) is 13.6. The number of halogens is 3. The molecule has 0 bridgehead atoms. The number of methoxy groups -OCH3 is 1. The Balaban J connectivity index is 2.07. The predicted octanol–water partition coefficient (Wildman–Crippen LogP) is 4.24. The number of benzene rings is 2. The van der Waals surface area contributed by atoms with Crippen LogP contribution < -0.4 is 10.1 Å². The van der Waals surface area contributed by atoms with Crippen molar-refractivity contribution in [2.75, 3.05) is 12.4 Å². The van der Waals surface area contributed by atoms with Crippen molar-refractivity contribution in [2.24, 2.45) is 0 Å². The maximum atomic E-state index is 13.0. The lowest BCUT2D eigenvalue weighted by Gasteiger charge is -2.09. The first-order valence-corrected chi connectivity index (χ1v) is 5.99. The average Bonchev–Trinajstić information content (AvgIpc) is 2.41. The summed E-state index contributed by atoms with van der Waals surface area (Å²) in [5.74, 6) is -1.15. The number of hydrogen-bond acceptors (Lipinski definition) is 2. The second kappa shape index (κ2) is 5.89. The third kappa shape index (κ3) is 3.35. The van der Waals surface area contributed by atoms with Crippen molar-refractivity contribution in [2.45, 2.75) is 6.54 Å². The van der Waals surface area contributed by atoms with E-state index in [0.29, 0.717) is 22.9 Å². The van der Waals surface area contributed by atoms with Crippen molar-refractivity contribution in [1.82, 2.24) is 0 Å². The van der Waals surface area contributed by atoms with E-state index in [1.165, 1.54) is 13.2 Å². The zero-order valence-electron chi connectivity index (χ0n) is 10.2. The minimum atomic E-state index is -0.854. The summed E-state index contributed by atoms with van der Waals surface area (Å²) in [4.78, 5) is 0. The van der Waals surface area contributed by atoms with E-state index in [-0.39, 0.29) is 0 Å². The van der Waals surface area contributed by atoms with E-state index in [9.17, 15) is 8.78 Å². The quantitative estimate of drug-likeness (QED) is 0.906. The van der Waals surface area contributed by atoms with E-state index in [4.69, 9.17) is 16.3 Å². The fraction of sp³-hybridized carbons (Fsp3) is 0.143. The van der Waals surface area contributed by atoms with E-state index in [1.807, 2.05) is 0 Å². The van der Waals surface area contributed by atoms with Gasteiger partial charge in [-0.3, -0.25) is 0 Å². The molecule has 19 heavy (non-hydrogen) atoms. The summed E-state index contributed by atoms with van der Waals surface area (Å²) in [6.07, 6.45) is 0. The molecule has 5 heteroatoms. The molecule has 0 atom stereocenters. The van der Waals surface area contributed by atoms with Gasteiger partial charge >= 0.3 is 0 Å². The molecule has 0 aliphatic rings. The van der Waals surface area contributed by atoms with Crippen LogP contribution in [-0.2, 0) is 6.54 Å². The van der Waals surface area contributed by atoms with E-state index < -0.39 is 11.6 Å². The van der Waals surface area contributed by atoms with Gasteiger partial charge in [0.2, 0.25) is 0 Å². The third-order valence-corrected chi connectivity index (χ3v) is 2.94. The maximum absolute atomic E-state index is 13.0. The molecule has 2 aromatic rings. The molecule has 100 valence electrons. The molecule has 1 N–H and O–H groups in total. The number of ether oxygens (including phenoxy) is 1. The van der Waals surface area contributed by atoms with E-state index in [1.54, 1.807) is 18.2 Å². The second-order valence-electron chi connectivity index (χ2n) is 3.95. The van der Waals surface area contributed by atoms with Gasteiger partial charge in [0.25, 0.3) is 0 Å². The monoisotopic (exact) mass is 283 g/mol. The van der Waals surface area contributed by atoms with Crippen molar-refractivity contribution in [1.29, 1.82) is 0 Å². The van der Waals surface area contributed by atoms with Crippen LogP contribution in [0.4, 0.5) is 14.5 Å². The first-order chi connectivity index (χ1) is 9.10. The molecular weight excluding hydrogens is 272 g/mol. The van der Waals surface area contributed by atoms with Gasteiger partial charge in [0.15, 0.2) is 11.6 Å². The van der Waals surface area contributed by atoms with E-state index in [2.05, 4.69) is 5.32 Å². The SMILES string of the molecule is COc1cc(NCc2ccc(F)c(F)c2)ccc1Cl. The third-order valence-electron chi connectivity index (χ3n) is 2.63. The highest BCUT2D eigenvalue weighted by molar-refractivity contribution is 6.32. The minimum Gasteiger partial charge on any atom is -0.495 e. The summed E-state index contributed by atoms with van der Waals surface area (Å²) in [6.45, 7) is 0.377. The molecule has 0 unspecified atom stereocenters. The van der Waals surface area contributed by atoms with Gasteiger partial charge in [-0.05, 0) is 29.8 Å². The average molecular weight is 284 g/mol. The number of rotatable bonds is 4. The van der Waals surface area contributed by atoms with Crippen LogP contribution in [0.3, 0.4) is 0 Å². The lowest BCUT2D eigenvalue weighted by atomic mass is 10.2. The summed E-state index contributed by atoms with van der Waals surface area (Å²) in [5, 5.41) is 3.60. The fourth-order valence-corrected chi connectivity index (χ4v) is 1.82. The summed E-state index contributed by atoms with van der Waals surface area (Å²) in [6, 6.07) is 9.02. The van der Waals surface area contributed by atoms with Gasteiger partial charge < -0.3 is 10.1 Å². The molecule has 0 radical (unpaired) electrons. The Bertz CT molecular complexity index is 590. The molecule has 2 aromatic carbocycles. The molecular formula is C14H12ClF2NO. The lowest BCUT2D eigenvalue weighted by molar-refractivity contribution is 0.415. The summed E-state index contributed by atoms with van der Waals surface area (Å²) in [7, 11) is 1.53. The molecule has 0 amide bonds. The van der Waals surface area contributed by atoms with Crippen LogP contribution in [0.25, 0.3) is 0 Å². The van der Waals surface area contributed by atoms with Gasteiger partial charge in [0, 0.05) is 18.3 Å². The Labute approximate surface area is 115 Å². The van der Waals surface area contributed by atoms with Gasteiger partial charge in [-0.2, -0.15) is 0 Å². The smallest absolute Gasteiger partial charge is 0.159 e. The maximum Gasteiger partial charge on any atom is 0.159 e. The Hall–Kier alpha value is -1.81. The Morgan fingerprint density at radius 2 is 1.89 bits per heavy atom. The van der Waals surface area contributed by atoms with Crippen molar-refractivity contribution in [3.05, 3.63) is 58.6 Å². The molecule has 0 aliphatic carbocycles. The van der Waals surface area contributed by atoms with Crippen LogP contribution >= 0.6 is 11.6 Å². The normalized spacial score (nSPS) is 10.3. The molecule has 0 aromatic heterocycles. The van der Waals surface area contributed by atoms with Gasteiger partial charge in [0.05, 0.1) is 12.1 Å². The van der Waals surface area contributed by atoms with Crippen molar-refractivity contribution >= 4 is 17.3 Å². The molecule has 2 nitrogen and oxygen atoms in total. The highest BCUT2D eigenvalue weighted by Gasteiger charge is 2.04. The summed E-state index contributed by atoms with van der Waals surface area (Å²) in [5.41, 5.74) is 1.43. The Kier molecular flexibility index (Phi) is 4.22.